The molecule has 0 saturated carbocycles. The van der Waals surface area contributed by atoms with Crippen molar-refractivity contribution in [2.45, 2.75) is 33.4 Å². The van der Waals surface area contributed by atoms with Crippen LogP contribution >= 0.6 is 38.9 Å². The first-order chi connectivity index (χ1) is 24.1. The van der Waals surface area contributed by atoms with Crippen LogP contribution in [0.4, 0.5) is 0 Å². The molecule has 0 spiro atoms. The summed E-state index contributed by atoms with van der Waals surface area (Å²) < 4.78 is 36.0. The van der Waals surface area contributed by atoms with Crippen LogP contribution in [-0.2, 0) is 25.7 Å². The van der Waals surface area contributed by atoms with Crippen molar-refractivity contribution in [1.82, 2.24) is 4.57 Å². The summed E-state index contributed by atoms with van der Waals surface area (Å²) in [5.74, 6) is 0.290. The second-order valence-corrected chi connectivity index (χ2v) is 13.0. The van der Waals surface area contributed by atoms with Gasteiger partial charge in [0, 0.05) is 20.6 Å². The van der Waals surface area contributed by atoms with E-state index in [4.69, 9.17) is 40.0 Å². The molecule has 0 fully saturated rings. The van der Waals surface area contributed by atoms with E-state index in [1.807, 2.05) is 24.3 Å². The van der Waals surface area contributed by atoms with E-state index in [-0.39, 0.29) is 32.0 Å². The van der Waals surface area contributed by atoms with Gasteiger partial charge in [0.25, 0.3) is 5.56 Å². The van der Waals surface area contributed by atoms with Gasteiger partial charge in [-0.3, -0.25) is 9.36 Å². The van der Waals surface area contributed by atoms with Crippen LogP contribution in [0.1, 0.15) is 43.5 Å². The van der Waals surface area contributed by atoms with E-state index in [0.29, 0.717) is 58.7 Å². The first-order valence-corrected chi connectivity index (χ1v) is 17.5. The fourth-order valence-corrected chi connectivity index (χ4v) is 6.98. The number of nitrogens with zero attached hydrogens (tertiary/aromatic N) is 2. The lowest BCUT2D eigenvalue weighted by atomic mass is 9.95. The van der Waals surface area contributed by atoms with Gasteiger partial charge in [0.05, 0.1) is 49.3 Å². The lowest BCUT2D eigenvalue weighted by molar-refractivity contribution is -0.143. The molecule has 0 aliphatic carbocycles. The summed E-state index contributed by atoms with van der Waals surface area (Å²) in [5, 5.41) is 0.557. The van der Waals surface area contributed by atoms with Crippen LogP contribution in [0.15, 0.2) is 80.1 Å². The molecule has 14 heteroatoms. The van der Waals surface area contributed by atoms with Crippen molar-refractivity contribution in [1.29, 1.82) is 0 Å². The molecule has 1 aromatic heterocycles. The number of aromatic nitrogens is 1. The summed E-state index contributed by atoms with van der Waals surface area (Å²) in [4.78, 5) is 44.7. The van der Waals surface area contributed by atoms with Gasteiger partial charge in [0.2, 0.25) is 0 Å². The molecule has 0 bridgehead atoms. The van der Waals surface area contributed by atoms with E-state index in [0.717, 1.165) is 16.9 Å². The van der Waals surface area contributed by atoms with Crippen LogP contribution < -0.4 is 33.8 Å². The zero-order chi connectivity index (χ0) is 35.9. The SMILES string of the molecule is CCOC(=O)C1=C(C)N=c2s/c(=C/c3cc(Br)cc(OC)c3OCc3ccccc3Cl)c(=O)n2[C@@H]1c1ccc(OCC(=O)OC)c(OCC)c1. The first kappa shape index (κ1) is 36.7. The highest BCUT2D eigenvalue weighted by Gasteiger charge is 2.34. The largest absolute Gasteiger partial charge is 0.493 e. The number of carbonyl (C=O) groups is 2. The molecule has 0 unspecified atom stereocenters. The third-order valence-corrected chi connectivity index (χ3v) is 9.37. The topological polar surface area (TPSA) is 124 Å². The smallest absolute Gasteiger partial charge is 0.343 e. The molecule has 1 atom stereocenters. The maximum absolute atomic E-state index is 14.4. The Morgan fingerprint density at radius 3 is 2.48 bits per heavy atom. The number of benzene rings is 3. The second kappa shape index (κ2) is 16.4. The zero-order valence-corrected chi connectivity index (χ0v) is 31.1. The third kappa shape index (κ3) is 7.90. The normalized spacial score (nSPS) is 14.1. The predicted molar refractivity (Wildman–Crippen MR) is 192 cm³/mol. The Balaban J connectivity index is 1.66. The molecular formula is C36H34BrClN2O9S. The van der Waals surface area contributed by atoms with Crippen molar-refractivity contribution in [3.8, 4) is 23.0 Å². The Morgan fingerprint density at radius 1 is 1.00 bits per heavy atom. The number of hydrogen-bond donors (Lipinski definition) is 0. The van der Waals surface area contributed by atoms with Crippen LogP contribution in [0.25, 0.3) is 6.08 Å². The van der Waals surface area contributed by atoms with Gasteiger partial charge in [0.1, 0.15) is 6.61 Å². The minimum atomic E-state index is -0.922. The van der Waals surface area contributed by atoms with E-state index in [2.05, 4.69) is 20.9 Å². The highest BCUT2D eigenvalue weighted by atomic mass is 79.9. The maximum Gasteiger partial charge on any atom is 0.343 e. The summed E-state index contributed by atoms with van der Waals surface area (Å²) >= 11 is 11.1. The molecule has 0 amide bonds. The summed E-state index contributed by atoms with van der Waals surface area (Å²) in [6.07, 6.45) is 1.70. The summed E-state index contributed by atoms with van der Waals surface area (Å²) in [5.41, 5.74) is 2.09. The minimum Gasteiger partial charge on any atom is -0.493 e. The molecule has 5 rings (SSSR count). The standard InChI is InChI=1S/C36H34BrClN2O9S/c1-6-46-27-15-21(12-13-26(27)48-19-30(41)45-5)32-31(35(43)47-7-2)20(3)39-36-40(32)34(42)29(50-36)16-23-14-24(37)17-28(44-4)33(23)49-18-22-10-8-9-11-25(22)38/h8-17,32H,6-7,18-19H2,1-5H3/b29-16+/t32-/m1/s1. The minimum absolute atomic E-state index is 0.124. The molecule has 0 saturated heterocycles. The molecule has 262 valence electrons. The van der Waals surface area contributed by atoms with Gasteiger partial charge in [-0.05, 0) is 62.7 Å². The fourth-order valence-electron chi connectivity index (χ4n) is 5.29. The number of rotatable bonds is 13. The number of fused-ring (bicyclic) bond motifs is 1. The Labute approximate surface area is 305 Å². The molecule has 0 radical (unpaired) electrons. The number of halogens is 2. The van der Waals surface area contributed by atoms with E-state index < -0.39 is 23.5 Å². The van der Waals surface area contributed by atoms with Crippen LogP contribution in [0, 0.1) is 0 Å². The van der Waals surface area contributed by atoms with E-state index in [9.17, 15) is 14.4 Å². The molecule has 2 heterocycles. The molecule has 11 nitrogen and oxygen atoms in total. The molecule has 1 aliphatic heterocycles. The number of ether oxygens (including phenoxy) is 6. The van der Waals surface area contributed by atoms with Gasteiger partial charge < -0.3 is 28.4 Å². The average molecular weight is 786 g/mol. The highest BCUT2D eigenvalue weighted by Crippen LogP contribution is 2.38. The van der Waals surface area contributed by atoms with E-state index in [1.165, 1.54) is 18.8 Å². The Hall–Kier alpha value is -4.59. The van der Waals surface area contributed by atoms with E-state index >= 15 is 0 Å². The van der Waals surface area contributed by atoms with Crippen molar-refractivity contribution in [2.75, 3.05) is 34.0 Å². The lowest BCUT2D eigenvalue weighted by Gasteiger charge is -2.25. The van der Waals surface area contributed by atoms with Gasteiger partial charge in [-0.1, -0.05) is 63.1 Å². The zero-order valence-electron chi connectivity index (χ0n) is 27.9. The Bertz CT molecular complexity index is 2140. The quantitative estimate of drug-likeness (QED) is 0.156. The molecule has 1 aliphatic rings. The van der Waals surface area contributed by atoms with Crippen molar-refractivity contribution < 1.29 is 38.0 Å². The van der Waals surface area contributed by atoms with Crippen molar-refractivity contribution in [3.63, 3.8) is 0 Å². The van der Waals surface area contributed by atoms with Crippen molar-refractivity contribution >= 4 is 56.9 Å². The van der Waals surface area contributed by atoms with Gasteiger partial charge >= 0.3 is 11.9 Å². The van der Waals surface area contributed by atoms with Crippen molar-refractivity contribution in [3.05, 3.63) is 112 Å². The number of methoxy groups -OCH3 is 2. The van der Waals surface area contributed by atoms with Crippen molar-refractivity contribution in [2.24, 2.45) is 4.99 Å². The highest BCUT2D eigenvalue weighted by molar-refractivity contribution is 9.10. The number of esters is 2. The predicted octanol–water partition coefficient (Wildman–Crippen LogP) is 5.75. The maximum atomic E-state index is 14.4. The van der Waals surface area contributed by atoms with Gasteiger partial charge in [-0.25, -0.2) is 14.6 Å². The van der Waals surface area contributed by atoms with Crippen LogP contribution in [0.5, 0.6) is 23.0 Å². The summed E-state index contributed by atoms with van der Waals surface area (Å²) in [6.45, 7) is 5.45. The first-order valence-electron chi connectivity index (χ1n) is 15.5. The Morgan fingerprint density at radius 2 is 1.78 bits per heavy atom. The number of carbonyl (C=O) groups excluding carboxylic acids is 2. The molecule has 3 aromatic carbocycles. The molecule has 0 N–H and O–H groups in total. The fraction of sp³-hybridized carbons (Fsp3) is 0.278. The number of allylic oxidation sites excluding steroid dienone is 1. The summed E-state index contributed by atoms with van der Waals surface area (Å²) in [6, 6.07) is 15.0. The van der Waals surface area contributed by atoms with Crippen LogP contribution in [-0.4, -0.2) is 50.5 Å². The van der Waals surface area contributed by atoms with Gasteiger partial charge in [-0.15, -0.1) is 0 Å². The molecule has 50 heavy (non-hydrogen) atoms. The number of thiazole rings is 1. The van der Waals surface area contributed by atoms with Crippen LogP contribution in [0.2, 0.25) is 5.02 Å². The Kier molecular flexibility index (Phi) is 12.0. The monoisotopic (exact) mass is 784 g/mol. The average Bonchev–Trinajstić information content (AvgIpc) is 3.40. The van der Waals surface area contributed by atoms with Crippen LogP contribution in [0.3, 0.4) is 0 Å². The summed E-state index contributed by atoms with van der Waals surface area (Å²) in [7, 11) is 2.80. The third-order valence-electron chi connectivity index (χ3n) is 7.56. The molecule has 4 aromatic rings. The number of hydrogen-bond acceptors (Lipinski definition) is 11. The lowest BCUT2D eigenvalue weighted by Crippen LogP contribution is -2.40. The second-order valence-electron chi connectivity index (χ2n) is 10.7. The molecular weight excluding hydrogens is 752 g/mol. The van der Waals surface area contributed by atoms with E-state index in [1.54, 1.807) is 57.2 Å². The van der Waals surface area contributed by atoms with Gasteiger partial charge in [-0.2, -0.15) is 0 Å². The van der Waals surface area contributed by atoms with Gasteiger partial charge in [0.15, 0.2) is 34.4 Å².